The Morgan fingerprint density at radius 2 is 1.82 bits per heavy atom. The molecule has 0 unspecified atom stereocenters. The van der Waals surface area contributed by atoms with E-state index in [9.17, 15) is 34.2 Å². The van der Waals surface area contributed by atoms with Gasteiger partial charge in [0.15, 0.2) is 5.78 Å². The van der Waals surface area contributed by atoms with Crippen LogP contribution in [0.5, 0.6) is 0 Å². The number of hydrogen-bond donors (Lipinski definition) is 2. The molecule has 2 bridgehead atoms. The van der Waals surface area contributed by atoms with E-state index in [-0.39, 0.29) is 25.4 Å². The molecular weight excluding hydrogens is 512 g/mol. The first-order chi connectivity index (χ1) is 18.2. The minimum Gasteiger partial charge on any atom is -0.467 e. The van der Waals surface area contributed by atoms with Gasteiger partial charge >= 0.3 is 17.9 Å². The van der Waals surface area contributed by atoms with Gasteiger partial charge in [0.1, 0.15) is 12.2 Å². The standard InChI is InChI=1S/C28H36O11/c1-11(2)12(3)7-17(30)39-20-22-27-10-37-28(22,25(35)36-6)23(33)19(32)21(27)26(5)9-15(29)18(31)13(4)14(26)8-16(27)38-24(20)34/h7,11,13-14,16,19-23,32-33H,8-10H2,1-6H3/b12-7+/t13-,14+,16-,19-,20-,21-,22-,23+,26+,27-,28+/m1/s1. The average Bonchev–Trinajstić information content (AvgIpc) is 3.18. The van der Waals surface area contributed by atoms with E-state index >= 15 is 0 Å². The molecule has 3 aliphatic carbocycles. The molecule has 0 aromatic heterocycles. The van der Waals surface area contributed by atoms with E-state index in [1.165, 1.54) is 6.08 Å². The summed E-state index contributed by atoms with van der Waals surface area (Å²) in [5, 5.41) is 23.3. The van der Waals surface area contributed by atoms with Crippen molar-refractivity contribution < 1.29 is 53.1 Å². The quantitative estimate of drug-likeness (QED) is 0.218. The highest BCUT2D eigenvalue weighted by atomic mass is 16.6. The number of ether oxygens (including phenoxy) is 4. The van der Waals surface area contributed by atoms with Gasteiger partial charge in [-0.05, 0) is 30.6 Å². The zero-order valence-corrected chi connectivity index (χ0v) is 23.0. The van der Waals surface area contributed by atoms with Gasteiger partial charge < -0.3 is 29.2 Å². The van der Waals surface area contributed by atoms with Crippen LogP contribution in [0.3, 0.4) is 0 Å². The summed E-state index contributed by atoms with van der Waals surface area (Å²) in [6.45, 7) is 8.72. The Morgan fingerprint density at radius 3 is 2.44 bits per heavy atom. The maximum Gasteiger partial charge on any atom is 0.348 e. The molecule has 0 amide bonds. The summed E-state index contributed by atoms with van der Waals surface area (Å²) in [6.07, 6.45) is -4.82. The Bertz CT molecular complexity index is 1170. The monoisotopic (exact) mass is 548 g/mol. The fraction of sp³-hybridized carbons (Fsp3) is 0.750. The zero-order valence-electron chi connectivity index (χ0n) is 23.0. The molecule has 5 fully saturated rings. The second-order valence-electron chi connectivity index (χ2n) is 12.5. The van der Waals surface area contributed by atoms with Crippen molar-refractivity contribution >= 4 is 29.5 Å². The lowest BCUT2D eigenvalue weighted by Crippen LogP contribution is -2.79. The van der Waals surface area contributed by atoms with Crippen molar-refractivity contribution in [3.63, 3.8) is 0 Å². The molecule has 11 nitrogen and oxygen atoms in total. The molecule has 11 heteroatoms. The van der Waals surface area contributed by atoms with Crippen LogP contribution in [0.1, 0.15) is 47.5 Å². The van der Waals surface area contributed by atoms with Crippen LogP contribution in [-0.2, 0) is 42.9 Å². The number of fused-ring (bicyclic) bond motifs is 2. The lowest BCUT2D eigenvalue weighted by Gasteiger charge is -2.67. The Morgan fingerprint density at radius 1 is 1.15 bits per heavy atom. The minimum absolute atomic E-state index is 0.0274. The lowest BCUT2D eigenvalue weighted by molar-refractivity contribution is -0.295. The van der Waals surface area contributed by atoms with Crippen molar-refractivity contribution in [2.24, 2.45) is 40.4 Å². The molecule has 0 radical (unpaired) electrons. The predicted molar refractivity (Wildman–Crippen MR) is 130 cm³/mol. The van der Waals surface area contributed by atoms with Crippen LogP contribution in [-0.4, -0.2) is 83.4 Å². The molecule has 2 aliphatic heterocycles. The third-order valence-corrected chi connectivity index (χ3v) is 10.5. The van der Waals surface area contributed by atoms with Crippen molar-refractivity contribution in [3.8, 4) is 0 Å². The summed E-state index contributed by atoms with van der Waals surface area (Å²) < 4.78 is 22.7. The van der Waals surface area contributed by atoms with Gasteiger partial charge in [0, 0.05) is 29.7 Å². The van der Waals surface area contributed by atoms with Crippen LogP contribution in [0.4, 0.5) is 0 Å². The van der Waals surface area contributed by atoms with Gasteiger partial charge in [0.2, 0.25) is 17.5 Å². The number of esters is 3. The largest absolute Gasteiger partial charge is 0.467 e. The number of Topliss-reactive ketones (excluding diaryl/α,β-unsaturated/α-hetero) is 2. The van der Waals surface area contributed by atoms with Crippen LogP contribution in [0.25, 0.3) is 0 Å². The van der Waals surface area contributed by atoms with Gasteiger partial charge in [0.05, 0.1) is 25.7 Å². The number of carbonyl (C=O) groups is 5. The molecule has 214 valence electrons. The number of methoxy groups -OCH3 is 1. The molecule has 1 spiro atoms. The zero-order chi connectivity index (χ0) is 28.8. The summed E-state index contributed by atoms with van der Waals surface area (Å²) in [5.41, 5.74) is -3.85. The van der Waals surface area contributed by atoms with Crippen LogP contribution in [0.15, 0.2) is 11.6 Å². The first-order valence-electron chi connectivity index (χ1n) is 13.4. The van der Waals surface area contributed by atoms with Crippen LogP contribution < -0.4 is 0 Å². The highest BCUT2D eigenvalue weighted by Gasteiger charge is 2.85. The van der Waals surface area contributed by atoms with E-state index in [4.69, 9.17) is 18.9 Å². The topological polar surface area (TPSA) is 163 Å². The number of ketones is 2. The molecule has 3 saturated carbocycles. The van der Waals surface area contributed by atoms with E-state index in [0.717, 1.165) is 7.11 Å². The molecule has 2 N–H and O–H groups in total. The van der Waals surface area contributed by atoms with Crippen molar-refractivity contribution in [2.75, 3.05) is 13.7 Å². The predicted octanol–water partition coefficient (Wildman–Crippen LogP) is 0.526. The molecule has 5 aliphatic rings. The van der Waals surface area contributed by atoms with Crippen molar-refractivity contribution in [2.45, 2.75) is 77.5 Å². The minimum atomic E-state index is -2.23. The van der Waals surface area contributed by atoms with E-state index < -0.39 is 94.0 Å². The van der Waals surface area contributed by atoms with Gasteiger partial charge in [0.25, 0.3) is 0 Å². The summed E-state index contributed by atoms with van der Waals surface area (Å²) in [5.74, 6) is -7.22. The van der Waals surface area contributed by atoms with Crippen molar-refractivity contribution in [1.82, 2.24) is 0 Å². The Hall–Kier alpha value is -2.63. The second-order valence-corrected chi connectivity index (χ2v) is 12.5. The maximum atomic E-state index is 13.5. The van der Waals surface area contributed by atoms with Crippen molar-refractivity contribution in [1.29, 1.82) is 0 Å². The van der Waals surface area contributed by atoms with E-state index in [1.807, 2.05) is 13.8 Å². The molecule has 2 heterocycles. The molecule has 5 rings (SSSR count). The highest BCUT2D eigenvalue weighted by Crippen LogP contribution is 2.72. The second kappa shape index (κ2) is 8.94. The molecule has 2 saturated heterocycles. The number of hydrogen-bond acceptors (Lipinski definition) is 11. The highest BCUT2D eigenvalue weighted by molar-refractivity contribution is 6.38. The smallest absolute Gasteiger partial charge is 0.348 e. The third kappa shape index (κ3) is 3.42. The van der Waals surface area contributed by atoms with Crippen LogP contribution in [0.2, 0.25) is 0 Å². The van der Waals surface area contributed by atoms with Gasteiger partial charge in [-0.2, -0.15) is 0 Å². The average molecular weight is 549 g/mol. The van der Waals surface area contributed by atoms with E-state index in [1.54, 1.807) is 20.8 Å². The maximum absolute atomic E-state index is 13.5. The molecular formula is C28H36O11. The molecule has 11 atom stereocenters. The summed E-state index contributed by atoms with van der Waals surface area (Å²) >= 11 is 0. The Balaban J connectivity index is 1.69. The third-order valence-electron chi connectivity index (χ3n) is 10.5. The van der Waals surface area contributed by atoms with Gasteiger partial charge in [-0.3, -0.25) is 9.59 Å². The number of aliphatic hydroxyl groups is 2. The van der Waals surface area contributed by atoms with Gasteiger partial charge in [-0.15, -0.1) is 0 Å². The Labute approximate surface area is 226 Å². The first-order valence-corrected chi connectivity index (χ1v) is 13.4. The normalized spacial score (nSPS) is 46.8. The Kier molecular flexibility index (Phi) is 6.40. The van der Waals surface area contributed by atoms with Crippen molar-refractivity contribution in [3.05, 3.63) is 11.6 Å². The number of carbonyl (C=O) groups excluding carboxylic acids is 5. The lowest BCUT2D eigenvalue weighted by atomic mass is 9.37. The molecule has 39 heavy (non-hydrogen) atoms. The van der Waals surface area contributed by atoms with Crippen LogP contribution in [0, 0.1) is 40.4 Å². The van der Waals surface area contributed by atoms with Crippen LogP contribution >= 0.6 is 0 Å². The summed E-state index contributed by atoms with van der Waals surface area (Å²) in [6, 6.07) is 0. The van der Waals surface area contributed by atoms with Gasteiger partial charge in [-0.25, -0.2) is 14.4 Å². The fourth-order valence-corrected chi connectivity index (χ4v) is 8.56. The summed E-state index contributed by atoms with van der Waals surface area (Å²) in [4.78, 5) is 65.4. The number of rotatable bonds is 4. The molecule has 0 aromatic rings. The first kappa shape index (κ1) is 27.9. The van der Waals surface area contributed by atoms with E-state index in [2.05, 4.69) is 0 Å². The number of allylic oxidation sites excluding steroid dienone is 1. The number of aliphatic hydroxyl groups excluding tert-OH is 2. The fourth-order valence-electron chi connectivity index (χ4n) is 8.56. The molecule has 0 aromatic carbocycles. The van der Waals surface area contributed by atoms with Gasteiger partial charge in [-0.1, -0.05) is 33.3 Å². The van der Waals surface area contributed by atoms with E-state index in [0.29, 0.717) is 5.57 Å². The SMILES string of the molecule is COC(=O)[C@@]12OC[C@]34[C@H]([C@@H](O)[C@@H]1O)[C@@]1(C)CC(=O)C(=O)[C@H](C)[C@@H]1C[C@H]3OC(=O)[C@H](OC(=O)/C=C(\C)C(C)C)[C@@H]24. The summed E-state index contributed by atoms with van der Waals surface area (Å²) in [7, 11) is 1.09.